The minimum atomic E-state index is -0.685. The van der Waals surface area contributed by atoms with E-state index in [2.05, 4.69) is 10.9 Å². The van der Waals surface area contributed by atoms with Crippen molar-refractivity contribution in [3.63, 3.8) is 0 Å². The summed E-state index contributed by atoms with van der Waals surface area (Å²) in [4.78, 5) is 23.3. The molecule has 0 spiro atoms. The van der Waals surface area contributed by atoms with Crippen LogP contribution in [-0.4, -0.2) is 23.2 Å². The number of aryl methyl sites for hydroxylation is 2. The number of nitrogens with one attached hydrogen (secondary N) is 2. The van der Waals surface area contributed by atoms with Crippen molar-refractivity contribution >= 4 is 12.0 Å². The van der Waals surface area contributed by atoms with E-state index in [1.54, 1.807) is 29.9 Å². The second kappa shape index (κ2) is 7.31. The van der Waals surface area contributed by atoms with E-state index >= 15 is 0 Å². The molecule has 22 heavy (non-hydrogen) atoms. The molecule has 2 rings (SSSR count). The van der Waals surface area contributed by atoms with Gasteiger partial charge in [-0.3, -0.25) is 10.2 Å². The molecular weight excluding hydrogens is 282 g/mol. The summed E-state index contributed by atoms with van der Waals surface area (Å²) in [5.74, 6) is -0.400. The van der Waals surface area contributed by atoms with E-state index in [1.807, 2.05) is 31.2 Å². The SMILES string of the molecule is Cc1cccc(CCOC(=O)NNC(=O)c2cccn2C)c1. The van der Waals surface area contributed by atoms with E-state index in [-0.39, 0.29) is 6.61 Å². The fraction of sp³-hybridized carbons (Fsp3) is 0.250. The minimum Gasteiger partial charge on any atom is -0.448 e. The van der Waals surface area contributed by atoms with Crippen molar-refractivity contribution in [3.8, 4) is 0 Å². The van der Waals surface area contributed by atoms with Gasteiger partial charge < -0.3 is 9.30 Å². The Morgan fingerprint density at radius 3 is 2.68 bits per heavy atom. The number of amides is 2. The van der Waals surface area contributed by atoms with Crippen molar-refractivity contribution in [1.82, 2.24) is 15.4 Å². The van der Waals surface area contributed by atoms with Crippen molar-refractivity contribution in [2.24, 2.45) is 7.05 Å². The average molecular weight is 301 g/mol. The molecule has 0 fully saturated rings. The Balaban J connectivity index is 1.70. The van der Waals surface area contributed by atoms with Crippen LogP contribution in [0.15, 0.2) is 42.6 Å². The molecule has 2 N–H and O–H groups in total. The van der Waals surface area contributed by atoms with E-state index in [0.29, 0.717) is 12.1 Å². The van der Waals surface area contributed by atoms with Gasteiger partial charge in [-0.2, -0.15) is 0 Å². The molecule has 0 aliphatic carbocycles. The molecule has 0 aliphatic heterocycles. The third-order valence-corrected chi connectivity index (χ3v) is 3.16. The van der Waals surface area contributed by atoms with Crippen molar-refractivity contribution in [3.05, 3.63) is 59.4 Å². The smallest absolute Gasteiger partial charge is 0.426 e. The molecule has 0 bridgehead atoms. The zero-order valence-electron chi connectivity index (χ0n) is 12.6. The Hall–Kier alpha value is -2.76. The maximum absolute atomic E-state index is 11.8. The normalized spacial score (nSPS) is 10.1. The number of carbonyl (C=O) groups excluding carboxylic acids is 2. The monoisotopic (exact) mass is 301 g/mol. The molecule has 0 atom stereocenters. The van der Waals surface area contributed by atoms with Gasteiger partial charge in [0.2, 0.25) is 0 Å². The lowest BCUT2D eigenvalue weighted by molar-refractivity contribution is 0.0902. The summed E-state index contributed by atoms with van der Waals surface area (Å²) in [6.45, 7) is 2.26. The molecule has 0 saturated heterocycles. The molecule has 0 aliphatic rings. The summed E-state index contributed by atoms with van der Waals surface area (Å²) in [5.41, 5.74) is 7.23. The molecule has 2 aromatic rings. The van der Waals surface area contributed by atoms with Crippen LogP contribution < -0.4 is 10.9 Å². The van der Waals surface area contributed by atoms with Crippen LogP contribution in [0.4, 0.5) is 4.79 Å². The fourth-order valence-corrected chi connectivity index (χ4v) is 2.03. The molecule has 6 nitrogen and oxygen atoms in total. The predicted octanol–water partition coefficient (Wildman–Crippen LogP) is 1.95. The van der Waals surface area contributed by atoms with Gasteiger partial charge in [0.25, 0.3) is 5.91 Å². The lowest BCUT2D eigenvalue weighted by atomic mass is 10.1. The Bertz CT molecular complexity index is 664. The summed E-state index contributed by atoms with van der Waals surface area (Å²) in [6, 6.07) is 11.4. The highest BCUT2D eigenvalue weighted by Gasteiger charge is 2.10. The standard InChI is InChI=1S/C16H19N3O3/c1-12-5-3-6-13(11-12)8-10-22-16(21)18-17-15(20)14-7-4-9-19(14)2/h3-7,9,11H,8,10H2,1-2H3,(H,17,20)(H,18,21). The van der Waals surface area contributed by atoms with Gasteiger partial charge in [-0.05, 0) is 24.6 Å². The van der Waals surface area contributed by atoms with E-state index in [9.17, 15) is 9.59 Å². The zero-order valence-corrected chi connectivity index (χ0v) is 12.6. The Morgan fingerprint density at radius 1 is 1.18 bits per heavy atom. The molecule has 6 heteroatoms. The third-order valence-electron chi connectivity index (χ3n) is 3.16. The highest BCUT2D eigenvalue weighted by molar-refractivity contribution is 5.93. The number of ether oxygens (including phenoxy) is 1. The van der Waals surface area contributed by atoms with Crippen LogP contribution in [0, 0.1) is 6.92 Å². The van der Waals surface area contributed by atoms with E-state index < -0.39 is 12.0 Å². The summed E-state index contributed by atoms with van der Waals surface area (Å²) >= 11 is 0. The number of carbonyl (C=O) groups is 2. The lowest BCUT2D eigenvalue weighted by Crippen LogP contribution is -2.42. The van der Waals surface area contributed by atoms with Crippen LogP contribution in [0.5, 0.6) is 0 Å². The molecule has 0 radical (unpaired) electrons. The van der Waals surface area contributed by atoms with Gasteiger partial charge in [-0.1, -0.05) is 29.8 Å². The molecule has 2 amide bonds. The van der Waals surface area contributed by atoms with Crippen LogP contribution >= 0.6 is 0 Å². The molecule has 1 aromatic carbocycles. The second-order valence-corrected chi connectivity index (χ2v) is 4.96. The summed E-state index contributed by atoms with van der Waals surface area (Å²) in [5, 5.41) is 0. The highest BCUT2D eigenvalue weighted by Crippen LogP contribution is 2.04. The van der Waals surface area contributed by atoms with Gasteiger partial charge in [-0.25, -0.2) is 10.2 Å². The fourth-order valence-electron chi connectivity index (χ4n) is 2.03. The number of hydrogen-bond acceptors (Lipinski definition) is 3. The Labute approximate surface area is 129 Å². The van der Waals surface area contributed by atoms with Crippen LogP contribution in [0.1, 0.15) is 21.6 Å². The van der Waals surface area contributed by atoms with E-state index in [1.165, 1.54) is 0 Å². The predicted molar refractivity (Wildman–Crippen MR) is 82.2 cm³/mol. The molecule has 1 heterocycles. The number of nitrogens with zero attached hydrogens (tertiary/aromatic N) is 1. The van der Waals surface area contributed by atoms with Gasteiger partial charge in [0, 0.05) is 19.7 Å². The van der Waals surface area contributed by atoms with Crippen LogP contribution in [0.3, 0.4) is 0 Å². The second-order valence-electron chi connectivity index (χ2n) is 4.96. The average Bonchev–Trinajstić information content (AvgIpc) is 2.91. The van der Waals surface area contributed by atoms with E-state index in [4.69, 9.17) is 4.74 Å². The number of aromatic nitrogens is 1. The van der Waals surface area contributed by atoms with Crippen LogP contribution in [0.2, 0.25) is 0 Å². The van der Waals surface area contributed by atoms with Gasteiger partial charge in [-0.15, -0.1) is 0 Å². The lowest BCUT2D eigenvalue weighted by Gasteiger charge is -2.09. The maximum atomic E-state index is 11.8. The molecule has 1 aromatic heterocycles. The van der Waals surface area contributed by atoms with Crippen molar-refractivity contribution in [1.29, 1.82) is 0 Å². The number of benzene rings is 1. The summed E-state index contributed by atoms with van der Waals surface area (Å²) < 4.78 is 6.67. The van der Waals surface area contributed by atoms with E-state index in [0.717, 1.165) is 11.1 Å². The first-order chi connectivity index (χ1) is 10.6. The number of rotatable bonds is 4. The minimum absolute atomic E-state index is 0.245. The van der Waals surface area contributed by atoms with Crippen LogP contribution in [-0.2, 0) is 18.2 Å². The van der Waals surface area contributed by atoms with Gasteiger partial charge in [0.1, 0.15) is 5.69 Å². The van der Waals surface area contributed by atoms with Gasteiger partial charge in [0.15, 0.2) is 0 Å². The Kier molecular flexibility index (Phi) is 5.19. The van der Waals surface area contributed by atoms with Crippen molar-refractivity contribution < 1.29 is 14.3 Å². The van der Waals surface area contributed by atoms with Gasteiger partial charge >= 0.3 is 6.09 Å². The first-order valence-corrected chi connectivity index (χ1v) is 6.96. The summed E-state index contributed by atoms with van der Waals surface area (Å²) in [6.07, 6.45) is 1.69. The zero-order chi connectivity index (χ0) is 15.9. The third kappa shape index (κ3) is 4.37. The topological polar surface area (TPSA) is 72.4 Å². The maximum Gasteiger partial charge on any atom is 0.426 e. The quantitative estimate of drug-likeness (QED) is 0.848. The first-order valence-electron chi connectivity index (χ1n) is 6.96. The highest BCUT2D eigenvalue weighted by atomic mass is 16.6. The number of hydrazine groups is 1. The van der Waals surface area contributed by atoms with Gasteiger partial charge in [0.05, 0.1) is 6.61 Å². The summed E-state index contributed by atoms with van der Waals surface area (Å²) in [7, 11) is 1.75. The molecular formula is C16H19N3O3. The largest absolute Gasteiger partial charge is 0.448 e. The van der Waals surface area contributed by atoms with Crippen molar-refractivity contribution in [2.75, 3.05) is 6.61 Å². The Morgan fingerprint density at radius 2 is 2.00 bits per heavy atom. The molecule has 0 saturated carbocycles. The number of hydrogen-bond donors (Lipinski definition) is 2. The first kappa shape index (κ1) is 15.6. The van der Waals surface area contributed by atoms with Crippen LogP contribution in [0.25, 0.3) is 0 Å². The van der Waals surface area contributed by atoms with Crippen molar-refractivity contribution in [2.45, 2.75) is 13.3 Å². The molecule has 116 valence electrons. The molecule has 0 unspecified atom stereocenters.